The molecule has 0 aliphatic carbocycles. The Morgan fingerprint density at radius 1 is 1.15 bits per heavy atom. The summed E-state index contributed by atoms with van der Waals surface area (Å²) in [7, 11) is 3.04. The topological polar surface area (TPSA) is 127 Å². The number of carbonyl (C=O) groups excluding carboxylic acids is 1. The average Bonchev–Trinajstić information content (AvgIpc) is 2.80. The second-order valence-corrected chi connectivity index (χ2v) is 6.88. The molecule has 1 amide bonds. The molecule has 0 heterocycles. The molecule has 0 atom stereocenters. The van der Waals surface area contributed by atoms with Gasteiger partial charge in [-0.25, -0.2) is 4.79 Å². The number of rotatable bonds is 11. The summed E-state index contributed by atoms with van der Waals surface area (Å²) in [5.74, 6) is -0.379. The van der Waals surface area contributed by atoms with Crippen LogP contribution in [0.5, 0.6) is 23.0 Å². The third-order valence-corrected chi connectivity index (χ3v) is 4.56. The van der Waals surface area contributed by atoms with E-state index >= 15 is 0 Å². The van der Waals surface area contributed by atoms with Crippen LogP contribution in [0, 0.1) is 11.3 Å². The van der Waals surface area contributed by atoms with E-state index < -0.39 is 18.5 Å². The average molecular weight is 475 g/mol. The molecule has 0 radical (unpaired) electrons. The number of hydrogen-bond acceptors (Lipinski definition) is 7. The summed E-state index contributed by atoms with van der Waals surface area (Å²) >= 11 is 6.22. The van der Waals surface area contributed by atoms with Crippen molar-refractivity contribution in [3.8, 4) is 29.1 Å². The maximum absolute atomic E-state index is 12.6. The number of nitriles is 1. The van der Waals surface area contributed by atoms with Gasteiger partial charge in [-0.1, -0.05) is 11.6 Å². The van der Waals surface area contributed by atoms with E-state index in [2.05, 4.69) is 5.32 Å². The van der Waals surface area contributed by atoms with Crippen LogP contribution < -0.4 is 24.3 Å². The van der Waals surface area contributed by atoms with Gasteiger partial charge >= 0.3 is 5.97 Å². The number of aliphatic carboxylic acids is 1. The highest BCUT2D eigenvalue weighted by Gasteiger charge is 2.16. The number of carbonyl (C=O) groups is 2. The number of ether oxygens (including phenoxy) is 4. The quantitative estimate of drug-likeness (QED) is 0.374. The second-order valence-electron chi connectivity index (χ2n) is 6.48. The molecule has 0 bridgehead atoms. The van der Waals surface area contributed by atoms with E-state index in [1.54, 1.807) is 25.1 Å². The van der Waals surface area contributed by atoms with Gasteiger partial charge in [0.25, 0.3) is 5.91 Å². The molecule has 2 rings (SSSR count). The van der Waals surface area contributed by atoms with Gasteiger partial charge in [-0.15, -0.1) is 0 Å². The van der Waals surface area contributed by atoms with Gasteiger partial charge in [0, 0.05) is 18.2 Å². The minimum atomic E-state index is -1.17. The Labute approximate surface area is 196 Å². The SMILES string of the molecule is CCOc1cc(/C=C(\C#N)C(=O)NCc2ccc(OC)cc2OC)cc(Cl)c1OCC(=O)O. The van der Waals surface area contributed by atoms with E-state index in [-0.39, 0.29) is 35.2 Å². The predicted molar refractivity (Wildman–Crippen MR) is 121 cm³/mol. The molecule has 0 aromatic heterocycles. The number of halogens is 1. The zero-order valence-electron chi connectivity index (χ0n) is 18.3. The van der Waals surface area contributed by atoms with E-state index in [1.165, 1.54) is 32.4 Å². The smallest absolute Gasteiger partial charge is 0.341 e. The van der Waals surface area contributed by atoms with E-state index in [9.17, 15) is 14.9 Å². The van der Waals surface area contributed by atoms with Gasteiger partial charge in [0.1, 0.15) is 23.1 Å². The number of carboxylic acids is 1. The summed E-state index contributed by atoms with van der Waals surface area (Å²) in [4.78, 5) is 23.4. The number of nitrogens with one attached hydrogen (secondary N) is 1. The Morgan fingerprint density at radius 3 is 2.52 bits per heavy atom. The summed E-state index contributed by atoms with van der Waals surface area (Å²) in [6.45, 7) is 1.52. The van der Waals surface area contributed by atoms with Gasteiger partial charge in [-0.3, -0.25) is 4.79 Å². The molecule has 10 heteroatoms. The van der Waals surface area contributed by atoms with Crippen molar-refractivity contribution in [2.45, 2.75) is 13.5 Å². The standard InChI is InChI=1S/C23H23ClN2O7/c1-4-32-20-9-14(8-18(24)22(20)33-13-21(27)28)7-16(11-25)23(29)26-12-15-5-6-17(30-2)10-19(15)31-3/h5-10H,4,12-13H2,1-3H3,(H,26,29)(H,27,28)/b16-7+. The maximum Gasteiger partial charge on any atom is 0.341 e. The van der Waals surface area contributed by atoms with Crippen molar-refractivity contribution in [2.24, 2.45) is 0 Å². The van der Waals surface area contributed by atoms with Crippen LogP contribution in [-0.2, 0) is 16.1 Å². The van der Waals surface area contributed by atoms with Crippen molar-refractivity contribution in [2.75, 3.05) is 27.4 Å². The molecule has 0 aliphatic heterocycles. The molecule has 2 aromatic rings. The molecule has 9 nitrogen and oxygen atoms in total. The Kier molecular flexibility index (Phi) is 9.39. The van der Waals surface area contributed by atoms with Gasteiger partial charge in [-0.05, 0) is 42.8 Å². The first kappa shape index (κ1) is 25.4. The van der Waals surface area contributed by atoms with Crippen LogP contribution in [0.3, 0.4) is 0 Å². The largest absolute Gasteiger partial charge is 0.497 e. The molecule has 0 saturated carbocycles. The summed E-state index contributed by atoms with van der Waals surface area (Å²) < 4.78 is 21.1. The number of benzene rings is 2. The Hall–Kier alpha value is -3.90. The fraction of sp³-hybridized carbons (Fsp3) is 0.261. The first-order valence-corrected chi connectivity index (χ1v) is 10.1. The number of hydrogen-bond donors (Lipinski definition) is 2. The predicted octanol–water partition coefficient (Wildman–Crippen LogP) is 3.44. The molecule has 0 saturated heterocycles. The Balaban J connectivity index is 2.24. The number of carboxylic acid groups (broad SMARTS) is 1. The fourth-order valence-electron chi connectivity index (χ4n) is 2.79. The van der Waals surface area contributed by atoms with Gasteiger partial charge in [0.2, 0.25) is 0 Å². The molecule has 174 valence electrons. The van der Waals surface area contributed by atoms with Crippen LogP contribution in [-0.4, -0.2) is 44.4 Å². The van der Waals surface area contributed by atoms with Crippen molar-refractivity contribution in [3.05, 3.63) is 52.1 Å². The highest BCUT2D eigenvalue weighted by molar-refractivity contribution is 6.32. The maximum atomic E-state index is 12.6. The van der Waals surface area contributed by atoms with Crippen molar-refractivity contribution in [1.82, 2.24) is 5.32 Å². The summed E-state index contributed by atoms with van der Waals surface area (Å²) in [6, 6.07) is 9.98. The van der Waals surface area contributed by atoms with E-state index in [4.69, 9.17) is 35.7 Å². The van der Waals surface area contributed by atoms with Crippen molar-refractivity contribution < 1.29 is 33.6 Å². The van der Waals surface area contributed by atoms with Gasteiger partial charge in [-0.2, -0.15) is 5.26 Å². The van der Waals surface area contributed by atoms with E-state index in [1.807, 2.05) is 6.07 Å². The second kappa shape index (κ2) is 12.2. The van der Waals surface area contributed by atoms with Crippen LogP contribution in [0.15, 0.2) is 35.9 Å². The molecule has 0 fully saturated rings. The Bertz CT molecular complexity index is 1090. The first-order valence-electron chi connectivity index (χ1n) is 9.74. The Morgan fingerprint density at radius 2 is 1.91 bits per heavy atom. The molecular formula is C23H23ClN2O7. The lowest BCUT2D eigenvalue weighted by Crippen LogP contribution is -2.24. The van der Waals surface area contributed by atoms with Crippen molar-refractivity contribution in [1.29, 1.82) is 5.26 Å². The third-order valence-electron chi connectivity index (χ3n) is 4.28. The molecule has 2 N–H and O–H groups in total. The van der Waals surface area contributed by atoms with Crippen LogP contribution in [0.25, 0.3) is 6.08 Å². The van der Waals surface area contributed by atoms with Crippen LogP contribution in [0.4, 0.5) is 0 Å². The van der Waals surface area contributed by atoms with Gasteiger partial charge in [0.15, 0.2) is 18.1 Å². The molecule has 0 unspecified atom stereocenters. The first-order chi connectivity index (χ1) is 15.8. The molecular weight excluding hydrogens is 452 g/mol. The van der Waals surface area contributed by atoms with Crippen LogP contribution in [0.2, 0.25) is 5.02 Å². The minimum Gasteiger partial charge on any atom is -0.497 e. The van der Waals surface area contributed by atoms with Crippen LogP contribution in [0.1, 0.15) is 18.1 Å². The molecule has 2 aromatic carbocycles. The lowest BCUT2D eigenvalue weighted by Gasteiger charge is -2.13. The molecule has 33 heavy (non-hydrogen) atoms. The van der Waals surface area contributed by atoms with Crippen molar-refractivity contribution in [3.63, 3.8) is 0 Å². The highest BCUT2D eigenvalue weighted by atomic mass is 35.5. The van der Waals surface area contributed by atoms with E-state index in [0.717, 1.165) is 0 Å². The van der Waals surface area contributed by atoms with Crippen molar-refractivity contribution >= 4 is 29.6 Å². The van der Waals surface area contributed by atoms with Gasteiger partial charge < -0.3 is 29.4 Å². The lowest BCUT2D eigenvalue weighted by atomic mass is 10.1. The molecule has 0 spiro atoms. The molecule has 0 aliphatic rings. The monoisotopic (exact) mass is 474 g/mol. The number of methoxy groups -OCH3 is 2. The van der Waals surface area contributed by atoms with Crippen LogP contribution >= 0.6 is 11.6 Å². The zero-order chi connectivity index (χ0) is 24.4. The summed E-state index contributed by atoms with van der Waals surface area (Å²) in [5.41, 5.74) is 0.936. The third kappa shape index (κ3) is 7.05. The summed E-state index contributed by atoms with van der Waals surface area (Å²) in [6.07, 6.45) is 1.34. The normalized spacial score (nSPS) is 10.7. The minimum absolute atomic E-state index is 0.0626. The fourth-order valence-corrected chi connectivity index (χ4v) is 3.07. The zero-order valence-corrected chi connectivity index (χ0v) is 19.1. The van der Waals surface area contributed by atoms with E-state index in [0.29, 0.717) is 22.6 Å². The summed E-state index contributed by atoms with van der Waals surface area (Å²) in [5, 5.41) is 21.1. The highest BCUT2D eigenvalue weighted by Crippen LogP contribution is 2.37. The number of amides is 1. The number of nitrogens with zero attached hydrogens (tertiary/aromatic N) is 1. The van der Waals surface area contributed by atoms with Gasteiger partial charge in [0.05, 0.1) is 25.8 Å². The lowest BCUT2D eigenvalue weighted by molar-refractivity contribution is -0.139.